The van der Waals surface area contributed by atoms with Crippen molar-refractivity contribution in [3.8, 4) is 18.1 Å². The Morgan fingerprint density at radius 2 is 2.00 bits per heavy atom. The van der Waals surface area contributed by atoms with Crippen molar-refractivity contribution < 1.29 is 9.53 Å². The van der Waals surface area contributed by atoms with Gasteiger partial charge in [-0.3, -0.25) is 4.79 Å². The van der Waals surface area contributed by atoms with E-state index < -0.39 is 0 Å². The topological polar surface area (TPSA) is 43.6 Å². The molecule has 4 aromatic rings. The van der Waals surface area contributed by atoms with Crippen LogP contribution in [0.3, 0.4) is 0 Å². The van der Waals surface area contributed by atoms with Crippen molar-refractivity contribution >= 4 is 38.2 Å². The van der Waals surface area contributed by atoms with Crippen molar-refractivity contribution in [2.45, 2.75) is 26.8 Å². The number of carbonyl (C=O) groups is 1. The highest BCUT2D eigenvalue weighted by atomic mass is 32.1. The van der Waals surface area contributed by atoms with E-state index >= 15 is 0 Å². The van der Waals surface area contributed by atoms with Gasteiger partial charge in [0.2, 0.25) is 0 Å². The van der Waals surface area contributed by atoms with Gasteiger partial charge in [0.25, 0.3) is 5.91 Å². The summed E-state index contributed by atoms with van der Waals surface area (Å²) >= 11 is 1.48. The molecule has 4 nitrogen and oxygen atoms in total. The summed E-state index contributed by atoms with van der Waals surface area (Å²) in [5, 5.41) is 1.80. The second kappa shape index (κ2) is 8.56. The van der Waals surface area contributed by atoms with Crippen molar-refractivity contribution in [1.29, 1.82) is 0 Å². The Morgan fingerprint density at radius 1 is 1.17 bits per heavy atom. The molecule has 5 heteroatoms. The first kappa shape index (κ1) is 19.9. The van der Waals surface area contributed by atoms with E-state index in [0.29, 0.717) is 29.3 Å². The molecule has 0 bridgehead atoms. The molecule has 1 aromatic heterocycles. The Hall–Kier alpha value is -3.36. The summed E-state index contributed by atoms with van der Waals surface area (Å²) in [6.07, 6.45) is 6.55. The number of benzene rings is 3. The molecule has 0 aliphatic heterocycles. The van der Waals surface area contributed by atoms with Crippen LogP contribution in [0.2, 0.25) is 0 Å². The zero-order chi connectivity index (χ0) is 21.1. The van der Waals surface area contributed by atoms with Gasteiger partial charge in [-0.25, -0.2) is 0 Å². The number of rotatable bonds is 5. The van der Waals surface area contributed by atoms with Crippen molar-refractivity contribution in [2.24, 2.45) is 4.99 Å². The van der Waals surface area contributed by atoms with E-state index in [0.717, 1.165) is 27.4 Å². The Morgan fingerprint density at radius 3 is 2.77 bits per heavy atom. The predicted octanol–water partition coefficient (Wildman–Crippen LogP) is 5.19. The molecule has 0 aliphatic rings. The Kier molecular flexibility index (Phi) is 5.69. The maximum absolute atomic E-state index is 13.4. The van der Waals surface area contributed by atoms with Crippen LogP contribution in [0.25, 0.3) is 21.0 Å². The first-order valence-electron chi connectivity index (χ1n) is 9.95. The molecule has 1 amide bonds. The predicted molar refractivity (Wildman–Crippen MR) is 123 cm³/mol. The van der Waals surface area contributed by atoms with Crippen LogP contribution < -0.4 is 9.54 Å². The van der Waals surface area contributed by atoms with Crippen LogP contribution >= 0.6 is 11.3 Å². The van der Waals surface area contributed by atoms with E-state index in [-0.39, 0.29) is 5.91 Å². The summed E-state index contributed by atoms with van der Waals surface area (Å²) < 4.78 is 8.74. The number of aryl methyl sites for hydroxylation is 1. The number of aromatic nitrogens is 1. The largest absolute Gasteiger partial charge is 0.493 e. The van der Waals surface area contributed by atoms with Crippen molar-refractivity contribution in [2.75, 3.05) is 6.61 Å². The van der Waals surface area contributed by atoms with Gasteiger partial charge in [0.1, 0.15) is 5.75 Å². The number of thiazole rings is 1. The Labute approximate surface area is 179 Å². The normalized spacial score (nSPS) is 11.7. The van der Waals surface area contributed by atoms with E-state index in [1.165, 1.54) is 16.9 Å². The lowest BCUT2D eigenvalue weighted by atomic mass is 10.0. The molecule has 3 aromatic carbocycles. The highest BCUT2D eigenvalue weighted by Crippen LogP contribution is 2.29. The first-order chi connectivity index (χ1) is 14.7. The molecule has 0 N–H and O–H groups in total. The van der Waals surface area contributed by atoms with Crippen molar-refractivity contribution in [1.82, 2.24) is 4.57 Å². The third-order valence-corrected chi connectivity index (χ3v) is 6.05. The van der Waals surface area contributed by atoms with Crippen LogP contribution in [0, 0.1) is 12.3 Å². The second-order valence-corrected chi connectivity index (χ2v) is 7.85. The summed E-state index contributed by atoms with van der Waals surface area (Å²) in [5.41, 5.74) is 2.71. The van der Waals surface area contributed by atoms with E-state index in [4.69, 9.17) is 11.2 Å². The van der Waals surface area contributed by atoms with Crippen LogP contribution in [0.5, 0.6) is 5.75 Å². The molecule has 1 heterocycles. The molecular weight excluding hydrogens is 392 g/mol. The second-order valence-electron chi connectivity index (χ2n) is 6.84. The van der Waals surface area contributed by atoms with E-state index in [1.54, 1.807) is 0 Å². The number of hydrogen-bond acceptors (Lipinski definition) is 3. The summed E-state index contributed by atoms with van der Waals surface area (Å²) in [6.45, 7) is 4.84. The minimum Gasteiger partial charge on any atom is -0.493 e. The minimum atomic E-state index is -0.330. The molecule has 0 fully saturated rings. The van der Waals surface area contributed by atoms with Crippen LogP contribution in [0.4, 0.5) is 0 Å². The van der Waals surface area contributed by atoms with Gasteiger partial charge in [0.05, 0.1) is 28.9 Å². The Bertz CT molecular complexity index is 1360. The van der Waals surface area contributed by atoms with E-state index in [2.05, 4.69) is 36.0 Å². The number of hydrogen-bond donors (Lipinski definition) is 0. The van der Waals surface area contributed by atoms with Crippen LogP contribution in [-0.2, 0) is 13.0 Å². The zero-order valence-electron chi connectivity index (χ0n) is 17.0. The van der Waals surface area contributed by atoms with Gasteiger partial charge < -0.3 is 9.30 Å². The number of ether oxygens (including phenoxy) is 1. The molecule has 0 radical (unpaired) electrons. The fourth-order valence-electron chi connectivity index (χ4n) is 3.56. The van der Waals surface area contributed by atoms with E-state index in [1.807, 2.05) is 47.9 Å². The smallest absolute Gasteiger partial charge is 0.284 e. The molecule has 0 atom stereocenters. The summed E-state index contributed by atoms with van der Waals surface area (Å²) in [6, 6.07) is 17.8. The van der Waals surface area contributed by atoms with Crippen LogP contribution in [0.15, 0.2) is 59.6 Å². The van der Waals surface area contributed by atoms with Gasteiger partial charge in [0.15, 0.2) is 4.80 Å². The summed E-state index contributed by atoms with van der Waals surface area (Å²) in [7, 11) is 0. The van der Waals surface area contributed by atoms with Gasteiger partial charge in [0, 0.05) is 0 Å². The van der Waals surface area contributed by atoms with Gasteiger partial charge >= 0.3 is 0 Å². The molecule has 150 valence electrons. The molecule has 4 rings (SSSR count). The number of nitrogens with zero attached hydrogens (tertiary/aromatic N) is 2. The zero-order valence-corrected chi connectivity index (χ0v) is 17.8. The highest BCUT2D eigenvalue weighted by molar-refractivity contribution is 7.16. The summed E-state index contributed by atoms with van der Waals surface area (Å²) in [5.74, 6) is 2.89. The molecule has 0 saturated heterocycles. The molecule has 0 aliphatic carbocycles. The lowest BCUT2D eigenvalue weighted by Crippen LogP contribution is -2.17. The number of fused-ring (bicyclic) bond motifs is 2. The fraction of sp³-hybridized carbons (Fsp3) is 0.200. The molecule has 0 spiro atoms. The van der Waals surface area contributed by atoms with Gasteiger partial charge in [-0.1, -0.05) is 60.6 Å². The molecular formula is C25H22N2O2S. The fourth-order valence-corrected chi connectivity index (χ4v) is 4.65. The van der Waals surface area contributed by atoms with Gasteiger partial charge in [-0.2, -0.15) is 4.99 Å². The lowest BCUT2D eigenvalue weighted by Gasteiger charge is -2.10. The van der Waals surface area contributed by atoms with Crippen LogP contribution in [0.1, 0.15) is 29.8 Å². The quantitative estimate of drug-likeness (QED) is 0.422. The average Bonchev–Trinajstić information content (AvgIpc) is 3.10. The van der Waals surface area contributed by atoms with Gasteiger partial charge in [-0.15, -0.1) is 6.42 Å². The molecule has 0 saturated carbocycles. The monoisotopic (exact) mass is 414 g/mol. The van der Waals surface area contributed by atoms with Crippen LogP contribution in [-0.4, -0.2) is 17.1 Å². The lowest BCUT2D eigenvalue weighted by molar-refractivity contribution is 0.0996. The van der Waals surface area contributed by atoms with Gasteiger partial charge in [-0.05, 0) is 47.9 Å². The number of amides is 1. The summed E-state index contributed by atoms with van der Waals surface area (Å²) in [4.78, 5) is 18.5. The average molecular weight is 415 g/mol. The number of carbonyl (C=O) groups excluding carboxylic acids is 1. The number of terminal acetylenes is 1. The van der Waals surface area contributed by atoms with Crippen molar-refractivity contribution in [3.05, 3.63) is 70.5 Å². The maximum atomic E-state index is 13.4. The third-order valence-electron chi connectivity index (χ3n) is 5.01. The molecule has 0 unspecified atom stereocenters. The molecule has 30 heavy (non-hydrogen) atoms. The highest BCUT2D eigenvalue weighted by Gasteiger charge is 2.17. The SMILES string of the molecule is C#CCn1c(=NC(=O)c2c(OCC)ccc3ccccc23)sc2cc(CC)ccc21. The maximum Gasteiger partial charge on any atom is 0.284 e. The minimum absolute atomic E-state index is 0.330. The van der Waals surface area contributed by atoms with E-state index in [9.17, 15) is 4.79 Å². The standard InChI is InChI=1S/C25H22N2O2S/c1-4-15-27-20-13-11-17(5-2)16-22(20)30-25(27)26-24(28)23-19-10-8-7-9-18(19)12-14-21(23)29-6-3/h1,7-14,16H,5-6,15H2,2-3H3. The third kappa shape index (κ3) is 3.62. The first-order valence-corrected chi connectivity index (χ1v) is 10.8. The Balaban J connectivity index is 1.93. The van der Waals surface area contributed by atoms with Crippen molar-refractivity contribution in [3.63, 3.8) is 0 Å².